The van der Waals surface area contributed by atoms with Crippen LogP contribution in [0.5, 0.6) is 0 Å². The summed E-state index contributed by atoms with van der Waals surface area (Å²) in [4.78, 5) is 39.5. The number of benzene rings is 1. The number of fused-ring (bicyclic) bond motifs is 4. The van der Waals surface area contributed by atoms with Crippen LogP contribution in [0, 0.1) is 0 Å². The fourth-order valence-electron chi connectivity index (χ4n) is 3.68. The van der Waals surface area contributed by atoms with Gasteiger partial charge in [0.1, 0.15) is 11.6 Å². The van der Waals surface area contributed by atoms with Crippen LogP contribution in [0.15, 0.2) is 33.5 Å². The highest BCUT2D eigenvalue weighted by Gasteiger charge is 2.40. The van der Waals surface area contributed by atoms with E-state index in [1.807, 2.05) is 0 Å². The lowest BCUT2D eigenvalue weighted by Crippen LogP contribution is -2.62. The molecule has 7 heteroatoms. The maximum atomic E-state index is 12.6. The third-order valence-electron chi connectivity index (χ3n) is 4.77. The van der Waals surface area contributed by atoms with Gasteiger partial charge in [-0.05, 0) is 13.0 Å². The number of para-hydroxylation sites is 1. The fraction of sp³-hybridized carbons (Fsp3) is 0.278. The average molecular weight is 340 g/mol. The number of carbonyl (C=O) groups excluding carboxylic acids is 2. The van der Waals surface area contributed by atoms with E-state index < -0.39 is 17.6 Å². The van der Waals surface area contributed by atoms with Crippen molar-refractivity contribution >= 4 is 34.1 Å². The molecule has 2 aliphatic rings. The molecule has 1 fully saturated rings. The summed E-state index contributed by atoms with van der Waals surface area (Å²) < 4.78 is 10.4. The molecule has 1 saturated heterocycles. The molecule has 7 nitrogen and oxygen atoms in total. The van der Waals surface area contributed by atoms with Gasteiger partial charge in [0, 0.05) is 29.4 Å². The molecular formula is C18H16N2O5. The van der Waals surface area contributed by atoms with Gasteiger partial charge in [0.15, 0.2) is 0 Å². The van der Waals surface area contributed by atoms with Crippen molar-refractivity contribution in [1.82, 2.24) is 10.2 Å². The van der Waals surface area contributed by atoms with Crippen molar-refractivity contribution in [2.45, 2.75) is 13.0 Å². The normalized spacial score (nSPS) is 19.4. The lowest BCUT2D eigenvalue weighted by molar-refractivity contribution is -0.136. The lowest BCUT2D eigenvalue weighted by atomic mass is 9.93. The van der Waals surface area contributed by atoms with Crippen LogP contribution in [0.1, 0.15) is 6.92 Å². The van der Waals surface area contributed by atoms with Gasteiger partial charge in [-0.2, -0.15) is 0 Å². The van der Waals surface area contributed by atoms with E-state index in [1.165, 1.54) is 7.11 Å². The second-order valence-corrected chi connectivity index (χ2v) is 6.01. The Labute approximate surface area is 142 Å². The average Bonchev–Trinajstić information content (AvgIpc) is 2.62. The summed E-state index contributed by atoms with van der Waals surface area (Å²) in [5, 5.41) is 4.12. The van der Waals surface area contributed by atoms with E-state index in [-0.39, 0.29) is 11.5 Å². The number of rotatable bonds is 1. The molecule has 1 unspecified atom stereocenters. The number of piperazine rings is 1. The zero-order valence-corrected chi connectivity index (χ0v) is 13.8. The topological polar surface area (TPSA) is 88.8 Å². The van der Waals surface area contributed by atoms with E-state index in [0.717, 1.165) is 0 Å². The first-order chi connectivity index (χ1) is 12.0. The summed E-state index contributed by atoms with van der Waals surface area (Å²) in [6.07, 6.45) is 0. The first-order valence-electron chi connectivity index (χ1n) is 7.94. The molecule has 128 valence electrons. The molecule has 0 saturated carbocycles. The molecule has 0 radical (unpaired) electrons. The van der Waals surface area contributed by atoms with Crippen LogP contribution in [-0.4, -0.2) is 43.0 Å². The fourth-order valence-corrected chi connectivity index (χ4v) is 3.68. The molecule has 1 atom stereocenters. The molecule has 3 heterocycles. The monoisotopic (exact) mass is 340 g/mol. The van der Waals surface area contributed by atoms with E-state index in [9.17, 15) is 14.4 Å². The van der Waals surface area contributed by atoms with Crippen molar-refractivity contribution < 1.29 is 18.7 Å². The van der Waals surface area contributed by atoms with E-state index in [1.54, 1.807) is 36.1 Å². The van der Waals surface area contributed by atoms with Gasteiger partial charge in [0.2, 0.25) is 5.91 Å². The number of esters is 1. The lowest BCUT2D eigenvalue weighted by Gasteiger charge is -2.39. The maximum absolute atomic E-state index is 12.6. The highest BCUT2D eigenvalue weighted by Crippen LogP contribution is 2.23. The number of nitrogens with zero attached hydrogens (tertiary/aromatic N) is 1. The second kappa shape index (κ2) is 5.47. The van der Waals surface area contributed by atoms with Gasteiger partial charge >= 0.3 is 11.6 Å². The Morgan fingerprint density at radius 1 is 1.28 bits per heavy atom. The highest BCUT2D eigenvalue weighted by atomic mass is 16.5. The highest BCUT2D eigenvalue weighted by molar-refractivity contribution is 6.19. The Bertz CT molecular complexity index is 1100. The summed E-state index contributed by atoms with van der Waals surface area (Å²) in [5.74, 6) is -0.912. The largest absolute Gasteiger partial charge is 0.466 e. The molecule has 1 amide bonds. The zero-order valence-electron chi connectivity index (χ0n) is 13.8. The van der Waals surface area contributed by atoms with Gasteiger partial charge in [-0.15, -0.1) is 0 Å². The van der Waals surface area contributed by atoms with Crippen LogP contribution in [0.2, 0.25) is 0 Å². The van der Waals surface area contributed by atoms with Gasteiger partial charge < -0.3 is 19.4 Å². The van der Waals surface area contributed by atoms with Crippen LogP contribution < -0.4 is 21.4 Å². The van der Waals surface area contributed by atoms with E-state index in [2.05, 4.69) is 5.32 Å². The third-order valence-corrected chi connectivity index (χ3v) is 4.77. The van der Waals surface area contributed by atoms with Crippen molar-refractivity contribution in [3.8, 4) is 0 Å². The maximum Gasteiger partial charge on any atom is 0.345 e. The molecule has 4 rings (SSSR count). The van der Waals surface area contributed by atoms with Crippen LogP contribution in [0.25, 0.3) is 22.2 Å². The van der Waals surface area contributed by atoms with Crippen molar-refractivity contribution in [2.24, 2.45) is 0 Å². The first-order valence-corrected chi connectivity index (χ1v) is 7.94. The minimum absolute atomic E-state index is 0.171. The van der Waals surface area contributed by atoms with Gasteiger partial charge in [-0.1, -0.05) is 18.2 Å². The summed E-state index contributed by atoms with van der Waals surface area (Å²) in [6.45, 7) is 2.70. The Morgan fingerprint density at radius 2 is 2.04 bits per heavy atom. The number of carbonyl (C=O) groups is 2. The minimum Gasteiger partial charge on any atom is -0.466 e. The second-order valence-electron chi connectivity index (χ2n) is 6.01. The molecule has 1 aromatic carbocycles. The molecule has 1 aromatic heterocycles. The molecular weight excluding hydrogens is 324 g/mol. The summed E-state index contributed by atoms with van der Waals surface area (Å²) in [6, 6.07) is 6.14. The van der Waals surface area contributed by atoms with Crippen molar-refractivity contribution in [1.29, 1.82) is 0 Å². The molecule has 1 N–H and O–H groups in total. The predicted octanol–water partition coefficient (Wildman–Crippen LogP) is -0.941. The van der Waals surface area contributed by atoms with Crippen LogP contribution in [0.4, 0.5) is 0 Å². The van der Waals surface area contributed by atoms with E-state index >= 15 is 0 Å². The zero-order chi connectivity index (χ0) is 17.7. The van der Waals surface area contributed by atoms with Crippen LogP contribution in [0.3, 0.4) is 0 Å². The summed E-state index contributed by atoms with van der Waals surface area (Å²) in [5.41, 5.74) is 0.633. The predicted molar refractivity (Wildman–Crippen MR) is 89.7 cm³/mol. The number of hydrogen-bond donors (Lipinski definition) is 1. The molecule has 0 aliphatic carbocycles. The smallest absolute Gasteiger partial charge is 0.345 e. The summed E-state index contributed by atoms with van der Waals surface area (Å²) in [7, 11) is 1.26. The van der Waals surface area contributed by atoms with Gasteiger partial charge in [-0.3, -0.25) is 4.79 Å². The van der Waals surface area contributed by atoms with Crippen molar-refractivity contribution in [3.05, 3.63) is 45.1 Å². The molecule has 25 heavy (non-hydrogen) atoms. The van der Waals surface area contributed by atoms with Crippen LogP contribution >= 0.6 is 0 Å². The van der Waals surface area contributed by atoms with E-state index in [0.29, 0.717) is 40.2 Å². The Kier molecular flexibility index (Phi) is 3.38. The Balaban J connectivity index is 2.31. The molecule has 2 aromatic rings. The van der Waals surface area contributed by atoms with Crippen molar-refractivity contribution in [3.63, 3.8) is 0 Å². The number of methoxy groups -OCH3 is 1. The van der Waals surface area contributed by atoms with Crippen molar-refractivity contribution in [2.75, 3.05) is 20.2 Å². The number of hydrogen-bond acceptors (Lipinski definition) is 6. The molecule has 2 aliphatic heterocycles. The van der Waals surface area contributed by atoms with Crippen LogP contribution in [-0.2, 0) is 14.3 Å². The minimum atomic E-state index is -0.820. The standard InChI is InChI=1S/C18H16N2O5/c1-9-12-13(10-5-3-4-6-11(10)25-18(12)23)14(17(22)24-2)15-16(21)19-7-8-20(9)15/h3-6,15H,7-8H2,1-2H3,(H,19,21). The Morgan fingerprint density at radius 3 is 2.80 bits per heavy atom. The summed E-state index contributed by atoms with van der Waals surface area (Å²) >= 11 is 0. The number of nitrogens with one attached hydrogen (secondary N) is 1. The van der Waals surface area contributed by atoms with Gasteiger partial charge in [0.05, 0.1) is 17.9 Å². The third kappa shape index (κ3) is 2.08. The van der Waals surface area contributed by atoms with Gasteiger partial charge in [0.25, 0.3) is 0 Å². The Hall–Kier alpha value is -3.09. The van der Waals surface area contributed by atoms with Gasteiger partial charge in [-0.25, -0.2) is 9.59 Å². The molecule has 0 bridgehead atoms. The quantitative estimate of drug-likeness (QED) is 0.532. The number of amides is 1. The molecule has 0 spiro atoms. The van der Waals surface area contributed by atoms with E-state index in [4.69, 9.17) is 9.15 Å². The number of ether oxygens (including phenoxy) is 1. The first kappa shape index (κ1) is 15.4. The SMILES string of the molecule is COC(=O)C1=c2c(c(=O)oc3ccccc23)=C(C)N2CCNC(=O)C12.